The molecule has 1 heterocycles. The Labute approximate surface area is 92.0 Å². The van der Waals surface area contributed by atoms with E-state index in [9.17, 15) is 0 Å². The van der Waals surface area contributed by atoms with Crippen LogP contribution >= 0.6 is 15.9 Å². The van der Waals surface area contributed by atoms with Crippen molar-refractivity contribution in [1.29, 1.82) is 0 Å². The van der Waals surface area contributed by atoms with Crippen LogP contribution in [0.3, 0.4) is 0 Å². The van der Waals surface area contributed by atoms with Crippen LogP contribution in [0.5, 0.6) is 5.88 Å². The zero-order chi connectivity index (χ0) is 10.4. The maximum atomic E-state index is 5.57. The number of nitrogens with two attached hydrogens (primary N) is 1. The van der Waals surface area contributed by atoms with Gasteiger partial charge in [-0.2, -0.15) is 0 Å². The summed E-state index contributed by atoms with van der Waals surface area (Å²) in [5.41, 5.74) is 5.57. The van der Waals surface area contributed by atoms with E-state index < -0.39 is 0 Å². The minimum absolute atomic E-state index is 0.408. The quantitative estimate of drug-likeness (QED) is 0.826. The summed E-state index contributed by atoms with van der Waals surface area (Å²) in [4.78, 5) is 7.80. The van der Waals surface area contributed by atoms with Gasteiger partial charge in [0.05, 0.1) is 6.61 Å². The van der Waals surface area contributed by atoms with Crippen LogP contribution in [-0.2, 0) is 0 Å². The van der Waals surface area contributed by atoms with Gasteiger partial charge in [-0.05, 0) is 22.4 Å². The van der Waals surface area contributed by atoms with Crippen LogP contribution in [0.2, 0.25) is 0 Å². The van der Waals surface area contributed by atoms with Crippen molar-refractivity contribution in [3.63, 3.8) is 0 Å². The van der Waals surface area contributed by atoms with Gasteiger partial charge in [0.1, 0.15) is 16.6 Å². The lowest BCUT2D eigenvalue weighted by Gasteiger charge is -2.06. The van der Waals surface area contributed by atoms with E-state index in [1.807, 2.05) is 0 Å². The highest BCUT2D eigenvalue weighted by atomic mass is 79.9. The fraction of sp³-hybridized carbons (Fsp3) is 0.556. The number of ether oxygens (including phenoxy) is 1. The first-order valence-electron chi connectivity index (χ1n) is 4.64. The van der Waals surface area contributed by atoms with Crippen LogP contribution in [0, 0.1) is 0 Å². The Kier molecular flexibility index (Phi) is 4.65. The van der Waals surface area contributed by atoms with Crippen molar-refractivity contribution in [3.8, 4) is 5.88 Å². The number of hydrogen-bond donors (Lipinski definition) is 1. The van der Waals surface area contributed by atoms with E-state index in [1.165, 1.54) is 12.7 Å². The summed E-state index contributed by atoms with van der Waals surface area (Å²) in [7, 11) is 0. The molecule has 0 fully saturated rings. The van der Waals surface area contributed by atoms with Crippen LogP contribution < -0.4 is 10.5 Å². The Balaban J connectivity index is 2.46. The van der Waals surface area contributed by atoms with E-state index in [0.717, 1.165) is 12.8 Å². The van der Waals surface area contributed by atoms with Gasteiger partial charge in [0.25, 0.3) is 0 Å². The highest BCUT2D eigenvalue weighted by molar-refractivity contribution is 9.10. The van der Waals surface area contributed by atoms with Crippen molar-refractivity contribution in [2.24, 2.45) is 0 Å². The molecule has 0 saturated carbocycles. The zero-order valence-corrected chi connectivity index (χ0v) is 9.75. The fourth-order valence-electron chi connectivity index (χ4n) is 0.988. The molecule has 1 aromatic rings. The lowest BCUT2D eigenvalue weighted by atomic mass is 10.3. The number of halogens is 1. The standard InChI is InChI=1S/C9H14BrN3O/c1-2-3-4-5-14-9-7(10)8(11)12-6-13-9/h6H,2-5H2,1H3,(H2,11,12,13). The third kappa shape index (κ3) is 3.14. The average molecular weight is 260 g/mol. The van der Waals surface area contributed by atoms with E-state index in [4.69, 9.17) is 10.5 Å². The van der Waals surface area contributed by atoms with E-state index in [2.05, 4.69) is 32.8 Å². The molecule has 0 radical (unpaired) electrons. The van der Waals surface area contributed by atoms with Crippen LogP contribution in [0.4, 0.5) is 5.82 Å². The predicted octanol–water partition coefficient (Wildman–Crippen LogP) is 2.39. The number of rotatable bonds is 5. The molecular weight excluding hydrogens is 246 g/mol. The van der Waals surface area contributed by atoms with Gasteiger partial charge in [-0.1, -0.05) is 19.8 Å². The van der Waals surface area contributed by atoms with E-state index in [1.54, 1.807) is 0 Å². The van der Waals surface area contributed by atoms with E-state index in [-0.39, 0.29) is 0 Å². The van der Waals surface area contributed by atoms with Crippen molar-refractivity contribution >= 4 is 21.7 Å². The van der Waals surface area contributed by atoms with Crippen LogP contribution in [0.1, 0.15) is 26.2 Å². The maximum Gasteiger partial charge on any atom is 0.233 e. The third-order valence-electron chi connectivity index (χ3n) is 1.77. The van der Waals surface area contributed by atoms with Gasteiger partial charge in [-0.15, -0.1) is 0 Å². The fourth-order valence-corrected chi connectivity index (χ4v) is 1.31. The van der Waals surface area contributed by atoms with Crippen LogP contribution in [-0.4, -0.2) is 16.6 Å². The molecule has 0 aliphatic carbocycles. The second-order valence-electron chi connectivity index (χ2n) is 2.93. The molecular formula is C9H14BrN3O. The molecule has 0 unspecified atom stereocenters. The molecule has 0 bridgehead atoms. The Hall–Kier alpha value is -0.840. The second-order valence-corrected chi connectivity index (χ2v) is 3.73. The maximum absolute atomic E-state index is 5.57. The number of hydrogen-bond acceptors (Lipinski definition) is 4. The largest absolute Gasteiger partial charge is 0.477 e. The second kappa shape index (κ2) is 5.80. The van der Waals surface area contributed by atoms with Crippen molar-refractivity contribution in [2.75, 3.05) is 12.3 Å². The summed E-state index contributed by atoms with van der Waals surface area (Å²) in [5.74, 6) is 0.930. The first-order valence-corrected chi connectivity index (χ1v) is 5.43. The number of nitrogens with zero attached hydrogens (tertiary/aromatic N) is 2. The molecule has 0 atom stereocenters. The average Bonchev–Trinajstić information content (AvgIpc) is 2.19. The number of aromatic nitrogens is 2. The molecule has 0 amide bonds. The van der Waals surface area contributed by atoms with E-state index >= 15 is 0 Å². The van der Waals surface area contributed by atoms with Gasteiger partial charge in [0, 0.05) is 0 Å². The summed E-state index contributed by atoms with van der Waals surface area (Å²) in [6.45, 7) is 2.82. The van der Waals surface area contributed by atoms with Gasteiger partial charge >= 0.3 is 0 Å². The third-order valence-corrected chi connectivity index (χ3v) is 2.52. The molecule has 0 spiro atoms. The highest BCUT2D eigenvalue weighted by Gasteiger charge is 2.06. The number of unbranched alkanes of at least 4 members (excludes halogenated alkanes) is 2. The molecule has 0 saturated heterocycles. The minimum Gasteiger partial charge on any atom is -0.477 e. The first-order chi connectivity index (χ1) is 6.75. The highest BCUT2D eigenvalue weighted by Crippen LogP contribution is 2.25. The normalized spacial score (nSPS) is 10.1. The first kappa shape index (κ1) is 11.2. The summed E-state index contributed by atoms with van der Waals surface area (Å²) >= 11 is 3.27. The van der Waals surface area contributed by atoms with Gasteiger partial charge < -0.3 is 10.5 Å². The summed E-state index contributed by atoms with van der Waals surface area (Å²) < 4.78 is 6.08. The molecule has 5 heteroatoms. The molecule has 1 aromatic heterocycles. The van der Waals surface area contributed by atoms with Crippen LogP contribution in [0.25, 0.3) is 0 Å². The van der Waals surface area contributed by atoms with Crippen LogP contribution in [0.15, 0.2) is 10.8 Å². The Bertz CT molecular complexity index is 293. The van der Waals surface area contributed by atoms with Crippen molar-refractivity contribution in [3.05, 3.63) is 10.8 Å². The minimum atomic E-state index is 0.408. The number of anilines is 1. The Morgan fingerprint density at radius 2 is 2.21 bits per heavy atom. The predicted molar refractivity (Wildman–Crippen MR) is 59.2 cm³/mol. The lowest BCUT2D eigenvalue weighted by molar-refractivity contribution is 0.292. The van der Waals surface area contributed by atoms with Gasteiger partial charge in [-0.25, -0.2) is 9.97 Å². The molecule has 78 valence electrons. The Morgan fingerprint density at radius 3 is 2.93 bits per heavy atom. The van der Waals surface area contributed by atoms with Crippen molar-refractivity contribution in [1.82, 2.24) is 9.97 Å². The lowest BCUT2D eigenvalue weighted by Crippen LogP contribution is -2.02. The monoisotopic (exact) mass is 259 g/mol. The Morgan fingerprint density at radius 1 is 1.43 bits per heavy atom. The van der Waals surface area contributed by atoms with Gasteiger partial charge in [-0.3, -0.25) is 0 Å². The van der Waals surface area contributed by atoms with Crippen molar-refractivity contribution < 1.29 is 4.74 Å². The van der Waals surface area contributed by atoms with Gasteiger partial charge in [0.2, 0.25) is 5.88 Å². The van der Waals surface area contributed by atoms with Gasteiger partial charge in [0.15, 0.2) is 0 Å². The van der Waals surface area contributed by atoms with Crippen molar-refractivity contribution in [2.45, 2.75) is 26.2 Å². The zero-order valence-electron chi connectivity index (χ0n) is 8.16. The number of nitrogen functional groups attached to an aromatic ring is 1. The molecule has 14 heavy (non-hydrogen) atoms. The summed E-state index contributed by atoms with van der Waals surface area (Å²) in [6.07, 6.45) is 4.77. The molecule has 1 rings (SSSR count). The summed E-state index contributed by atoms with van der Waals surface area (Å²) in [6, 6.07) is 0. The summed E-state index contributed by atoms with van der Waals surface area (Å²) in [5, 5.41) is 0. The smallest absolute Gasteiger partial charge is 0.233 e. The van der Waals surface area contributed by atoms with E-state index in [0.29, 0.717) is 22.8 Å². The molecule has 0 aromatic carbocycles. The molecule has 0 aliphatic rings. The molecule has 4 nitrogen and oxygen atoms in total. The molecule has 2 N–H and O–H groups in total. The molecule has 0 aliphatic heterocycles. The topological polar surface area (TPSA) is 61.0 Å². The SMILES string of the molecule is CCCCCOc1ncnc(N)c1Br.